The summed E-state index contributed by atoms with van der Waals surface area (Å²) in [7, 11) is 3.16. The van der Waals surface area contributed by atoms with Crippen LogP contribution in [0.5, 0.6) is 11.5 Å². The lowest BCUT2D eigenvalue weighted by Gasteiger charge is -2.13. The van der Waals surface area contributed by atoms with Gasteiger partial charge in [-0.15, -0.1) is 11.8 Å². The molecule has 0 saturated carbocycles. The molecule has 0 atom stereocenters. The van der Waals surface area contributed by atoms with E-state index in [0.717, 1.165) is 33.7 Å². The molecular weight excluding hydrogens is 518 g/mol. The van der Waals surface area contributed by atoms with Gasteiger partial charge < -0.3 is 14.8 Å². The van der Waals surface area contributed by atoms with Gasteiger partial charge in [-0.05, 0) is 61.0 Å². The van der Waals surface area contributed by atoms with Crippen LogP contribution in [0, 0.1) is 18.3 Å². The number of halogens is 1. The number of carbonyl (C=O) groups excluding carboxylic acids is 1. The monoisotopic (exact) mass is 543 g/mol. The van der Waals surface area contributed by atoms with Crippen LogP contribution in [0.3, 0.4) is 0 Å². The molecule has 1 aromatic heterocycles. The SMILES string of the molecule is COc1ccc(-c2cc(-c3ccc(C)cc3)c(C#N)c(SCCC(=O)Nc3cc(Cl)ccc3OC)n2)cc1. The third kappa shape index (κ3) is 6.46. The fourth-order valence-electron chi connectivity index (χ4n) is 3.84. The maximum atomic E-state index is 12.7. The van der Waals surface area contributed by atoms with Gasteiger partial charge in [0, 0.05) is 28.3 Å². The van der Waals surface area contributed by atoms with Crippen molar-refractivity contribution >= 4 is 35.0 Å². The van der Waals surface area contributed by atoms with Crippen LogP contribution < -0.4 is 14.8 Å². The molecule has 6 nitrogen and oxygen atoms in total. The van der Waals surface area contributed by atoms with Crippen molar-refractivity contribution in [1.29, 1.82) is 5.26 Å². The minimum Gasteiger partial charge on any atom is -0.497 e. The number of nitriles is 1. The number of nitrogens with one attached hydrogen (secondary N) is 1. The zero-order valence-corrected chi connectivity index (χ0v) is 22.8. The number of methoxy groups -OCH3 is 2. The summed E-state index contributed by atoms with van der Waals surface area (Å²) in [4.78, 5) is 17.5. The number of thioether (sulfide) groups is 1. The average Bonchev–Trinajstić information content (AvgIpc) is 2.93. The zero-order chi connectivity index (χ0) is 27.1. The molecule has 0 fully saturated rings. The Kier molecular flexibility index (Phi) is 8.90. The number of benzene rings is 3. The summed E-state index contributed by atoms with van der Waals surface area (Å²) in [6.45, 7) is 2.02. The molecule has 0 bridgehead atoms. The average molecular weight is 544 g/mol. The van der Waals surface area contributed by atoms with E-state index in [1.54, 1.807) is 25.3 Å². The molecule has 3 aromatic carbocycles. The summed E-state index contributed by atoms with van der Waals surface area (Å²) >= 11 is 7.45. The number of aryl methyl sites for hydroxylation is 1. The molecule has 0 saturated heterocycles. The van der Waals surface area contributed by atoms with E-state index in [4.69, 9.17) is 26.1 Å². The quantitative estimate of drug-likeness (QED) is 0.222. The van der Waals surface area contributed by atoms with Gasteiger partial charge in [-0.1, -0.05) is 41.4 Å². The first-order valence-electron chi connectivity index (χ1n) is 11.8. The van der Waals surface area contributed by atoms with Crippen LogP contribution in [0.15, 0.2) is 77.8 Å². The topological polar surface area (TPSA) is 84.2 Å². The predicted molar refractivity (Wildman–Crippen MR) is 153 cm³/mol. The van der Waals surface area contributed by atoms with Gasteiger partial charge in [0.05, 0.1) is 31.2 Å². The number of amides is 1. The highest BCUT2D eigenvalue weighted by Crippen LogP contribution is 2.35. The normalized spacial score (nSPS) is 10.5. The summed E-state index contributed by atoms with van der Waals surface area (Å²) in [5.41, 5.74) is 5.48. The summed E-state index contributed by atoms with van der Waals surface area (Å²) in [5.74, 6) is 1.51. The fraction of sp³-hybridized carbons (Fsp3) is 0.167. The highest BCUT2D eigenvalue weighted by molar-refractivity contribution is 7.99. The molecule has 0 unspecified atom stereocenters. The lowest BCUT2D eigenvalue weighted by atomic mass is 9.98. The molecule has 0 radical (unpaired) electrons. The molecule has 1 N–H and O–H groups in total. The van der Waals surface area contributed by atoms with Crippen molar-refractivity contribution in [3.63, 3.8) is 0 Å². The van der Waals surface area contributed by atoms with E-state index in [1.165, 1.54) is 18.9 Å². The number of nitrogens with zero attached hydrogens (tertiary/aromatic N) is 2. The van der Waals surface area contributed by atoms with Gasteiger partial charge >= 0.3 is 0 Å². The summed E-state index contributed by atoms with van der Waals surface area (Å²) in [6, 6.07) is 25.0. The maximum Gasteiger partial charge on any atom is 0.225 e. The van der Waals surface area contributed by atoms with Gasteiger partial charge in [0.2, 0.25) is 5.91 Å². The van der Waals surface area contributed by atoms with Crippen LogP contribution in [0.1, 0.15) is 17.5 Å². The molecule has 0 aliphatic rings. The molecule has 0 aliphatic carbocycles. The third-order valence-electron chi connectivity index (χ3n) is 5.85. The Morgan fingerprint density at radius 3 is 2.37 bits per heavy atom. The van der Waals surface area contributed by atoms with Gasteiger partial charge in [-0.25, -0.2) is 4.98 Å². The fourth-order valence-corrected chi connectivity index (χ4v) is 4.95. The predicted octanol–water partition coefficient (Wildman–Crippen LogP) is 7.39. The van der Waals surface area contributed by atoms with E-state index in [-0.39, 0.29) is 12.3 Å². The zero-order valence-electron chi connectivity index (χ0n) is 21.2. The molecule has 0 spiro atoms. The number of hydrogen-bond acceptors (Lipinski definition) is 6. The van der Waals surface area contributed by atoms with Gasteiger partial charge in [0.15, 0.2) is 0 Å². The first-order chi connectivity index (χ1) is 18.4. The van der Waals surface area contributed by atoms with E-state index in [0.29, 0.717) is 32.8 Å². The second kappa shape index (κ2) is 12.5. The third-order valence-corrected chi connectivity index (χ3v) is 7.06. The van der Waals surface area contributed by atoms with Gasteiger partial charge in [-0.3, -0.25) is 4.79 Å². The minimum absolute atomic E-state index is 0.193. The standard InChI is InChI=1S/C30H26ClN3O3S/c1-19-4-6-20(7-5-19)24-17-26(21-8-11-23(36-2)12-9-21)34-30(25(24)18-32)38-15-14-29(35)33-27-16-22(31)10-13-28(27)37-3/h4-13,16-17H,14-15H2,1-3H3,(H,33,35). The molecule has 4 rings (SSSR count). The Balaban J connectivity index is 1.61. The van der Waals surface area contributed by atoms with Crippen molar-refractivity contribution in [2.24, 2.45) is 0 Å². The van der Waals surface area contributed by atoms with Crippen LogP contribution in [0.4, 0.5) is 5.69 Å². The number of pyridine rings is 1. The Morgan fingerprint density at radius 1 is 1.00 bits per heavy atom. The smallest absolute Gasteiger partial charge is 0.225 e. The molecule has 192 valence electrons. The first-order valence-corrected chi connectivity index (χ1v) is 13.2. The summed E-state index contributed by atoms with van der Waals surface area (Å²) in [5, 5.41) is 14.0. The first kappa shape index (κ1) is 27.1. The lowest BCUT2D eigenvalue weighted by Crippen LogP contribution is -2.13. The van der Waals surface area contributed by atoms with Crippen molar-refractivity contribution in [3.05, 3.63) is 88.9 Å². The van der Waals surface area contributed by atoms with Gasteiger partial charge in [0.25, 0.3) is 0 Å². The van der Waals surface area contributed by atoms with E-state index in [2.05, 4.69) is 11.4 Å². The molecule has 1 amide bonds. The highest BCUT2D eigenvalue weighted by atomic mass is 35.5. The molecule has 38 heavy (non-hydrogen) atoms. The Morgan fingerprint density at radius 2 is 1.71 bits per heavy atom. The molecular formula is C30H26ClN3O3S. The number of aromatic nitrogens is 1. The van der Waals surface area contributed by atoms with Crippen LogP contribution in [0.25, 0.3) is 22.4 Å². The Labute approximate surface area is 231 Å². The van der Waals surface area contributed by atoms with E-state index >= 15 is 0 Å². The van der Waals surface area contributed by atoms with Crippen LogP contribution >= 0.6 is 23.4 Å². The molecule has 8 heteroatoms. The molecule has 4 aromatic rings. The Hall–Kier alpha value is -3.99. The summed E-state index contributed by atoms with van der Waals surface area (Å²) in [6.07, 6.45) is 0.208. The second-order valence-electron chi connectivity index (χ2n) is 8.43. The van der Waals surface area contributed by atoms with Crippen molar-refractivity contribution in [2.75, 3.05) is 25.3 Å². The van der Waals surface area contributed by atoms with Crippen molar-refractivity contribution in [1.82, 2.24) is 4.98 Å². The van der Waals surface area contributed by atoms with Crippen molar-refractivity contribution < 1.29 is 14.3 Å². The maximum absolute atomic E-state index is 12.7. The van der Waals surface area contributed by atoms with E-state index < -0.39 is 0 Å². The number of carbonyl (C=O) groups is 1. The van der Waals surface area contributed by atoms with E-state index in [1.807, 2.05) is 61.5 Å². The van der Waals surface area contributed by atoms with E-state index in [9.17, 15) is 10.1 Å². The lowest BCUT2D eigenvalue weighted by molar-refractivity contribution is -0.115. The number of hydrogen-bond donors (Lipinski definition) is 1. The van der Waals surface area contributed by atoms with Gasteiger partial charge in [0.1, 0.15) is 22.6 Å². The molecule has 1 heterocycles. The second-order valence-corrected chi connectivity index (χ2v) is 9.95. The number of anilines is 1. The number of ether oxygens (including phenoxy) is 2. The Bertz CT molecular complexity index is 1480. The van der Waals surface area contributed by atoms with Crippen LogP contribution in [-0.4, -0.2) is 30.9 Å². The van der Waals surface area contributed by atoms with Crippen LogP contribution in [-0.2, 0) is 4.79 Å². The molecule has 0 aliphatic heterocycles. The highest BCUT2D eigenvalue weighted by Gasteiger charge is 2.17. The van der Waals surface area contributed by atoms with Gasteiger partial charge in [-0.2, -0.15) is 5.26 Å². The minimum atomic E-state index is -0.193. The van der Waals surface area contributed by atoms with Crippen LogP contribution in [0.2, 0.25) is 5.02 Å². The van der Waals surface area contributed by atoms with Crippen molar-refractivity contribution in [3.8, 4) is 40.0 Å². The largest absolute Gasteiger partial charge is 0.497 e. The van der Waals surface area contributed by atoms with Crippen molar-refractivity contribution in [2.45, 2.75) is 18.4 Å². The number of rotatable bonds is 9. The summed E-state index contributed by atoms with van der Waals surface area (Å²) < 4.78 is 10.6.